The fourth-order valence-electron chi connectivity index (χ4n) is 1.22. The van der Waals surface area contributed by atoms with Gasteiger partial charge >= 0.3 is 0 Å². The lowest BCUT2D eigenvalue weighted by Crippen LogP contribution is -2.10. The van der Waals surface area contributed by atoms with E-state index < -0.39 is 5.82 Å². The SMILES string of the molecule is CSc1c(O)ccc(C(=O)CCN)c1F. The molecule has 0 amide bonds. The summed E-state index contributed by atoms with van der Waals surface area (Å²) in [5.41, 5.74) is 5.21. The number of carbonyl (C=O) groups is 1. The zero-order valence-electron chi connectivity index (χ0n) is 8.29. The molecule has 82 valence electrons. The first-order valence-corrected chi connectivity index (χ1v) is 5.63. The Morgan fingerprint density at radius 3 is 2.80 bits per heavy atom. The van der Waals surface area contributed by atoms with Gasteiger partial charge in [-0.05, 0) is 24.9 Å². The summed E-state index contributed by atoms with van der Waals surface area (Å²) in [5.74, 6) is -1.16. The van der Waals surface area contributed by atoms with Crippen molar-refractivity contribution in [3.8, 4) is 5.75 Å². The number of aromatic hydroxyl groups is 1. The standard InChI is InChI=1S/C10H12FNO2S/c1-15-10-8(14)3-2-6(9(10)11)7(13)4-5-12/h2-3,14H,4-5,12H2,1H3. The van der Waals surface area contributed by atoms with Gasteiger partial charge < -0.3 is 10.8 Å². The van der Waals surface area contributed by atoms with E-state index in [4.69, 9.17) is 5.73 Å². The Morgan fingerprint density at radius 2 is 2.27 bits per heavy atom. The zero-order chi connectivity index (χ0) is 11.4. The van der Waals surface area contributed by atoms with Crippen LogP contribution in [-0.2, 0) is 0 Å². The molecular formula is C10H12FNO2S. The molecule has 5 heteroatoms. The van der Waals surface area contributed by atoms with Crippen LogP contribution in [0, 0.1) is 5.82 Å². The number of hydrogen-bond donors (Lipinski definition) is 2. The molecule has 0 aliphatic carbocycles. The highest BCUT2D eigenvalue weighted by Gasteiger charge is 2.16. The number of phenols is 1. The van der Waals surface area contributed by atoms with Gasteiger partial charge in [-0.1, -0.05) is 0 Å². The third-order valence-corrected chi connectivity index (χ3v) is 2.75. The monoisotopic (exact) mass is 229 g/mol. The molecule has 0 aromatic heterocycles. The minimum atomic E-state index is -0.666. The second kappa shape index (κ2) is 5.14. The van der Waals surface area contributed by atoms with Crippen LogP contribution < -0.4 is 5.73 Å². The molecule has 0 radical (unpaired) electrons. The topological polar surface area (TPSA) is 63.3 Å². The van der Waals surface area contributed by atoms with E-state index in [2.05, 4.69) is 0 Å². The Bertz CT molecular complexity index is 382. The van der Waals surface area contributed by atoms with E-state index in [1.165, 1.54) is 12.1 Å². The summed E-state index contributed by atoms with van der Waals surface area (Å²) in [6.45, 7) is 0.188. The van der Waals surface area contributed by atoms with Gasteiger partial charge in [-0.25, -0.2) is 4.39 Å². The smallest absolute Gasteiger partial charge is 0.167 e. The summed E-state index contributed by atoms with van der Waals surface area (Å²) >= 11 is 1.06. The molecule has 0 saturated heterocycles. The van der Waals surface area contributed by atoms with Crippen molar-refractivity contribution in [2.75, 3.05) is 12.8 Å². The van der Waals surface area contributed by atoms with Crippen molar-refractivity contribution >= 4 is 17.5 Å². The molecule has 3 N–H and O–H groups in total. The average Bonchev–Trinajstić information content (AvgIpc) is 2.18. The second-order valence-corrected chi connectivity index (χ2v) is 3.76. The fraction of sp³-hybridized carbons (Fsp3) is 0.300. The van der Waals surface area contributed by atoms with Crippen LogP contribution in [0.4, 0.5) is 4.39 Å². The number of thioether (sulfide) groups is 1. The van der Waals surface area contributed by atoms with Gasteiger partial charge in [0.15, 0.2) is 11.6 Å². The third kappa shape index (κ3) is 2.49. The molecule has 1 rings (SSSR count). The minimum absolute atomic E-state index is 0.0115. The van der Waals surface area contributed by atoms with Gasteiger partial charge in [0.2, 0.25) is 0 Å². The molecule has 15 heavy (non-hydrogen) atoms. The lowest BCUT2D eigenvalue weighted by molar-refractivity contribution is 0.0981. The van der Waals surface area contributed by atoms with Gasteiger partial charge in [0, 0.05) is 6.42 Å². The Kier molecular flexibility index (Phi) is 4.11. The molecule has 0 spiro atoms. The Hall–Kier alpha value is -1.07. The molecule has 0 bridgehead atoms. The maximum absolute atomic E-state index is 13.7. The van der Waals surface area contributed by atoms with Crippen LogP contribution in [0.1, 0.15) is 16.8 Å². The molecule has 1 aromatic rings. The van der Waals surface area contributed by atoms with E-state index in [0.29, 0.717) is 0 Å². The zero-order valence-corrected chi connectivity index (χ0v) is 9.10. The fourth-order valence-corrected chi connectivity index (χ4v) is 1.79. The maximum atomic E-state index is 13.7. The highest BCUT2D eigenvalue weighted by Crippen LogP contribution is 2.31. The van der Waals surface area contributed by atoms with Crippen LogP contribution in [0.2, 0.25) is 0 Å². The van der Waals surface area contributed by atoms with Crippen molar-refractivity contribution < 1.29 is 14.3 Å². The predicted octanol–water partition coefficient (Wildman–Crippen LogP) is 1.78. The van der Waals surface area contributed by atoms with Crippen LogP contribution >= 0.6 is 11.8 Å². The van der Waals surface area contributed by atoms with Gasteiger partial charge in [0.25, 0.3) is 0 Å². The molecule has 0 saturated carbocycles. The number of Topliss-reactive ketones (excluding diaryl/α,β-unsaturated/α-hetero) is 1. The Labute approximate surface area is 91.5 Å². The van der Waals surface area contributed by atoms with Crippen LogP contribution in [0.3, 0.4) is 0 Å². The van der Waals surface area contributed by atoms with E-state index in [9.17, 15) is 14.3 Å². The van der Waals surface area contributed by atoms with Crippen molar-refractivity contribution in [1.82, 2.24) is 0 Å². The molecule has 0 aliphatic rings. The van der Waals surface area contributed by atoms with Gasteiger partial charge in [0.05, 0.1) is 10.5 Å². The van der Waals surface area contributed by atoms with Gasteiger partial charge in [-0.15, -0.1) is 11.8 Å². The number of ketones is 1. The number of nitrogens with two attached hydrogens (primary N) is 1. The first-order chi connectivity index (χ1) is 7.11. The van der Waals surface area contributed by atoms with Gasteiger partial charge in [0.1, 0.15) is 5.75 Å². The van der Waals surface area contributed by atoms with Crippen LogP contribution in [0.25, 0.3) is 0 Å². The van der Waals surface area contributed by atoms with Crippen LogP contribution in [0.5, 0.6) is 5.75 Å². The van der Waals surface area contributed by atoms with Crippen molar-refractivity contribution in [2.24, 2.45) is 5.73 Å². The van der Waals surface area contributed by atoms with E-state index in [1.54, 1.807) is 6.26 Å². The number of halogens is 1. The first-order valence-electron chi connectivity index (χ1n) is 4.40. The maximum Gasteiger partial charge on any atom is 0.167 e. The lowest BCUT2D eigenvalue weighted by Gasteiger charge is -2.07. The summed E-state index contributed by atoms with van der Waals surface area (Å²) in [7, 11) is 0. The summed E-state index contributed by atoms with van der Waals surface area (Å²) in [4.78, 5) is 11.5. The molecule has 3 nitrogen and oxygen atoms in total. The van der Waals surface area contributed by atoms with Gasteiger partial charge in [-0.3, -0.25) is 4.79 Å². The summed E-state index contributed by atoms with van der Waals surface area (Å²) < 4.78 is 13.7. The van der Waals surface area contributed by atoms with Crippen molar-refractivity contribution in [1.29, 1.82) is 0 Å². The highest BCUT2D eigenvalue weighted by atomic mass is 32.2. The number of phenolic OH excluding ortho intramolecular Hbond substituents is 1. The highest BCUT2D eigenvalue weighted by molar-refractivity contribution is 7.98. The Balaban J connectivity index is 3.15. The normalized spacial score (nSPS) is 10.3. The number of hydrogen-bond acceptors (Lipinski definition) is 4. The number of rotatable bonds is 4. The summed E-state index contributed by atoms with van der Waals surface area (Å²) in [6, 6.07) is 2.60. The third-order valence-electron chi connectivity index (χ3n) is 1.95. The number of carbonyl (C=O) groups excluding carboxylic acids is 1. The average molecular weight is 229 g/mol. The molecule has 0 atom stereocenters. The van der Waals surface area contributed by atoms with E-state index in [-0.39, 0.29) is 35.0 Å². The van der Waals surface area contributed by atoms with Crippen LogP contribution in [0.15, 0.2) is 17.0 Å². The molecule has 0 heterocycles. The van der Waals surface area contributed by atoms with Crippen LogP contribution in [-0.4, -0.2) is 23.7 Å². The molecule has 0 aliphatic heterocycles. The largest absolute Gasteiger partial charge is 0.507 e. The second-order valence-electron chi connectivity index (χ2n) is 2.94. The van der Waals surface area contributed by atoms with Gasteiger partial charge in [-0.2, -0.15) is 0 Å². The molecular weight excluding hydrogens is 217 g/mol. The Morgan fingerprint density at radius 1 is 1.60 bits per heavy atom. The van der Waals surface area contributed by atoms with E-state index >= 15 is 0 Å². The lowest BCUT2D eigenvalue weighted by atomic mass is 10.1. The van der Waals surface area contributed by atoms with Crippen molar-refractivity contribution in [3.63, 3.8) is 0 Å². The minimum Gasteiger partial charge on any atom is -0.507 e. The summed E-state index contributed by atoms with van der Waals surface area (Å²) in [5, 5.41) is 9.33. The molecule has 0 fully saturated rings. The predicted molar refractivity (Wildman–Crippen MR) is 57.8 cm³/mol. The first kappa shape index (κ1) is 12.0. The van der Waals surface area contributed by atoms with E-state index in [1.807, 2.05) is 0 Å². The van der Waals surface area contributed by atoms with Crippen molar-refractivity contribution in [3.05, 3.63) is 23.5 Å². The number of benzene rings is 1. The summed E-state index contributed by atoms with van der Waals surface area (Å²) in [6.07, 6.45) is 1.74. The molecule has 1 aromatic carbocycles. The van der Waals surface area contributed by atoms with E-state index in [0.717, 1.165) is 11.8 Å². The molecule has 0 unspecified atom stereocenters. The van der Waals surface area contributed by atoms with Crippen molar-refractivity contribution in [2.45, 2.75) is 11.3 Å². The quantitative estimate of drug-likeness (QED) is 0.610.